The number of hydrogen-bond donors (Lipinski definition) is 2. The van der Waals surface area contributed by atoms with Gasteiger partial charge in [0.15, 0.2) is 0 Å². The van der Waals surface area contributed by atoms with Crippen molar-refractivity contribution in [3.8, 4) is 11.3 Å². The van der Waals surface area contributed by atoms with Crippen LogP contribution in [0.5, 0.6) is 0 Å². The number of aromatic nitrogens is 5. The van der Waals surface area contributed by atoms with E-state index in [1.165, 1.54) is 6.21 Å². The SMILES string of the molecule is FC(F)c1n[nH]c(=S)n1/N=C/c1cn[nH]c1-c1ccccc1. The van der Waals surface area contributed by atoms with Crippen molar-refractivity contribution in [3.63, 3.8) is 0 Å². The van der Waals surface area contributed by atoms with Crippen molar-refractivity contribution in [1.82, 2.24) is 25.1 Å². The first-order valence-corrected chi connectivity index (χ1v) is 6.66. The molecule has 2 aromatic heterocycles. The quantitative estimate of drug-likeness (QED) is 0.573. The predicted octanol–water partition coefficient (Wildman–Crippen LogP) is 3.15. The summed E-state index contributed by atoms with van der Waals surface area (Å²) in [7, 11) is 0. The third kappa shape index (κ3) is 2.70. The first kappa shape index (κ1) is 14.3. The molecule has 0 atom stereocenters. The smallest absolute Gasteiger partial charge is 0.277 e. The van der Waals surface area contributed by atoms with Crippen LogP contribution in [0.25, 0.3) is 11.3 Å². The average Bonchev–Trinajstić information content (AvgIpc) is 3.12. The van der Waals surface area contributed by atoms with Crippen LogP contribution in [0.2, 0.25) is 0 Å². The van der Waals surface area contributed by atoms with Crippen LogP contribution in [0.3, 0.4) is 0 Å². The van der Waals surface area contributed by atoms with Gasteiger partial charge in [-0.3, -0.25) is 5.10 Å². The molecule has 0 aliphatic heterocycles. The van der Waals surface area contributed by atoms with Gasteiger partial charge >= 0.3 is 0 Å². The van der Waals surface area contributed by atoms with Crippen molar-refractivity contribution in [3.05, 3.63) is 52.7 Å². The number of nitrogens with zero attached hydrogens (tertiary/aromatic N) is 4. The predicted molar refractivity (Wildman–Crippen MR) is 79.4 cm³/mol. The molecular formula is C13H10F2N6S. The second-order valence-electron chi connectivity index (χ2n) is 4.31. The molecule has 0 amide bonds. The highest BCUT2D eigenvalue weighted by atomic mass is 32.1. The summed E-state index contributed by atoms with van der Waals surface area (Å²) in [5, 5.41) is 16.5. The Morgan fingerprint density at radius 3 is 2.73 bits per heavy atom. The highest BCUT2D eigenvalue weighted by Crippen LogP contribution is 2.20. The second-order valence-corrected chi connectivity index (χ2v) is 4.70. The van der Waals surface area contributed by atoms with Crippen molar-refractivity contribution in [2.45, 2.75) is 6.43 Å². The molecule has 0 radical (unpaired) electrons. The van der Waals surface area contributed by atoms with Crippen LogP contribution in [0, 0.1) is 4.77 Å². The number of aromatic amines is 2. The maximum absolute atomic E-state index is 12.8. The van der Waals surface area contributed by atoms with E-state index in [0.29, 0.717) is 5.56 Å². The van der Waals surface area contributed by atoms with E-state index in [4.69, 9.17) is 12.2 Å². The molecule has 0 aliphatic carbocycles. The van der Waals surface area contributed by atoms with Crippen LogP contribution in [-0.4, -0.2) is 31.3 Å². The highest BCUT2D eigenvalue weighted by Gasteiger charge is 2.16. The van der Waals surface area contributed by atoms with Crippen LogP contribution in [0.4, 0.5) is 8.78 Å². The summed E-state index contributed by atoms with van der Waals surface area (Å²) in [4.78, 5) is 0. The van der Waals surface area contributed by atoms with Crippen molar-refractivity contribution in [2.75, 3.05) is 0 Å². The van der Waals surface area contributed by atoms with E-state index in [-0.39, 0.29) is 4.77 Å². The van der Waals surface area contributed by atoms with Crippen molar-refractivity contribution >= 4 is 18.4 Å². The molecule has 112 valence electrons. The number of hydrogen-bond acceptors (Lipinski definition) is 4. The molecule has 0 saturated heterocycles. The van der Waals surface area contributed by atoms with Gasteiger partial charge in [-0.15, -0.1) is 0 Å². The zero-order valence-electron chi connectivity index (χ0n) is 11.1. The first-order valence-electron chi connectivity index (χ1n) is 6.25. The zero-order valence-corrected chi connectivity index (χ0v) is 11.9. The standard InChI is InChI=1S/C13H10F2N6S/c14-11(15)12-19-20-13(22)21(12)17-7-9-6-16-18-10(9)8-4-2-1-3-5-8/h1-7,11H,(H,16,18)(H,20,22)/b17-7+. The molecule has 9 heteroatoms. The van der Waals surface area contributed by atoms with Crippen molar-refractivity contribution < 1.29 is 8.78 Å². The van der Waals surface area contributed by atoms with Crippen LogP contribution in [0.15, 0.2) is 41.6 Å². The van der Waals surface area contributed by atoms with Crippen LogP contribution in [-0.2, 0) is 0 Å². The molecular weight excluding hydrogens is 310 g/mol. The Morgan fingerprint density at radius 1 is 1.23 bits per heavy atom. The molecule has 0 saturated carbocycles. The van der Waals surface area contributed by atoms with Gasteiger partial charge in [0, 0.05) is 11.1 Å². The van der Waals surface area contributed by atoms with Gasteiger partial charge in [0.05, 0.1) is 18.1 Å². The number of H-pyrrole nitrogens is 2. The number of nitrogens with one attached hydrogen (secondary N) is 2. The van der Waals surface area contributed by atoms with Gasteiger partial charge in [-0.25, -0.2) is 13.9 Å². The summed E-state index contributed by atoms with van der Waals surface area (Å²) in [5.41, 5.74) is 2.29. The normalized spacial score (nSPS) is 11.6. The summed E-state index contributed by atoms with van der Waals surface area (Å²) in [6.07, 6.45) is 0.184. The van der Waals surface area contributed by atoms with E-state index in [1.807, 2.05) is 30.3 Å². The van der Waals surface area contributed by atoms with Gasteiger partial charge in [-0.2, -0.15) is 20.0 Å². The Morgan fingerprint density at radius 2 is 2.00 bits per heavy atom. The minimum Gasteiger partial charge on any atom is -0.277 e. The summed E-state index contributed by atoms with van der Waals surface area (Å²) in [6, 6.07) is 9.47. The Balaban J connectivity index is 1.97. The maximum atomic E-state index is 12.8. The number of rotatable bonds is 4. The van der Waals surface area contributed by atoms with E-state index >= 15 is 0 Å². The molecule has 2 N–H and O–H groups in total. The van der Waals surface area contributed by atoms with E-state index in [1.54, 1.807) is 6.20 Å². The number of halogens is 2. The lowest BCUT2D eigenvalue weighted by molar-refractivity contribution is 0.136. The summed E-state index contributed by atoms with van der Waals surface area (Å²) >= 11 is 4.89. The number of benzene rings is 1. The Labute approximate surface area is 128 Å². The third-order valence-electron chi connectivity index (χ3n) is 2.91. The van der Waals surface area contributed by atoms with E-state index in [2.05, 4.69) is 25.5 Å². The molecule has 0 bridgehead atoms. The fraction of sp³-hybridized carbons (Fsp3) is 0.0769. The molecule has 22 heavy (non-hydrogen) atoms. The Kier molecular flexibility index (Phi) is 3.88. The molecule has 0 fully saturated rings. The van der Waals surface area contributed by atoms with Gasteiger partial charge in [0.1, 0.15) is 0 Å². The molecule has 3 rings (SSSR count). The molecule has 6 nitrogen and oxygen atoms in total. The van der Waals surface area contributed by atoms with Crippen molar-refractivity contribution in [2.24, 2.45) is 5.10 Å². The number of alkyl halides is 2. The van der Waals surface area contributed by atoms with E-state index in [0.717, 1.165) is 15.9 Å². The zero-order chi connectivity index (χ0) is 15.5. The lowest BCUT2D eigenvalue weighted by atomic mass is 10.1. The highest BCUT2D eigenvalue weighted by molar-refractivity contribution is 7.71. The van der Waals surface area contributed by atoms with Gasteiger partial charge in [-0.05, 0) is 12.2 Å². The molecule has 0 unspecified atom stereocenters. The summed E-state index contributed by atoms with van der Waals surface area (Å²) < 4.78 is 26.5. The molecule has 2 heterocycles. The third-order valence-corrected chi connectivity index (χ3v) is 3.18. The topological polar surface area (TPSA) is 74.7 Å². The van der Waals surface area contributed by atoms with Crippen molar-refractivity contribution in [1.29, 1.82) is 0 Å². The lowest BCUT2D eigenvalue weighted by Gasteiger charge is -2.00. The largest absolute Gasteiger partial charge is 0.299 e. The Hall–Kier alpha value is -2.68. The van der Waals surface area contributed by atoms with Gasteiger partial charge in [-0.1, -0.05) is 30.3 Å². The van der Waals surface area contributed by atoms with Gasteiger partial charge in [0.25, 0.3) is 6.43 Å². The fourth-order valence-electron chi connectivity index (χ4n) is 1.91. The first-order chi connectivity index (χ1) is 10.7. The van der Waals surface area contributed by atoms with Crippen LogP contribution >= 0.6 is 12.2 Å². The lowest BCUT2D eigenvalue weighted by Crippen LogP contribution is -1.99. The summed E-state index contributed by atoms with van der Waals surface area (Å²) in [6.45, 7) is 0. The van der Waals surface area contributed by atoms with Gasteiger partial charge in [0.2, 0.25) is 10.6 Å². The van der Waals surface area contributed by atoms with E-state index < -0.39 is 12.2 Å². The average molecular weight is 320 g/mol. The maximum Gasteiger partial charge on any atom is 0.299 e. The molecule has 0 spiro atoms. The fourth-order valence-corrected chi connectivity index (χ4v) is 2.09. The second kappa shape index (κ2) is 5.98. The molecule has 3 aromatic rings. The monoisotopic (exact) mass is 320 g/mol. The summed E-state index contributed by atoms with van der Waals surface area (Å²) in [5.74, 6) is -0.536. The molecule has 1 aromatic carbocycles. The van der Waals surface area contributed by atoms with Crippen LogP contribution in [0.1, 0.15) is 17.8 Å². The minimum atomic E-state index is -2.77. The minimum absolute atomic E-state index is 0.00342. The Bertz CT molecular complexity index is 849. The molecule has 0 aliphatic rings. The van der Waals surface area contributed by atoms with Crippen LogP contribution < -0.4 is 0 Å². The van der Waals surface area contributed by atoms with Gasteiger partial charge < -0.3 is 0 Å². The van der Waals surface area contributed by atoms with E-state index in [9.17, 15) is 8.78 Å².